The van der Waals surface area contributed by atoms with E-state index in [1.165, 1.54) is 6.07 Å². The lowest BCUT2D eigenvalue weighted by Gasteiger charge is -2.13. The third-order valence-electron chi connectivity index (χ3n) is 3.94. The van der Waals surface area contributed by atoms with Crippen molar-refractivity contribution in [1.29, 1.82) is 0 Å². The first-order valence-electron chi connectivity index (χ1n) is 9.23. The van der Waals surface area contributed by atoms with Gasteiger partial charge >= 0.3 is 0 Å². The Bertz CT molecular complexity index is 750. The van der Waals surface area contributed by atoms with Gasteiger partial charge in [0.05, 0.1) is 20.3 Å². The lowest BCUT2D eigenvalue weighted by atomic mass is 10.1. The highest BCUT2D eigenvalue weighted by Crippen LogP contribution is 2.28. The van der Waals surface area contributed by atoms with Gasteiger partial charge in [-0.25, -0.2) is 9.38 Å². The van der Waals surface area contributed by atoms with Crippen LogP contribution in [0.15, 0.2) is 47.5 Å². The SMILES string of the molecule is CCNC(=NCc1ccc(OC)c(OCC)c1)NCCc1ccccc1F. The van der Waals surface area contributed by atoms with Crippen molar-refractivity contribution in [3.63, 3.8) is 0 Å². The molecule has 0 heterocycles. The second-order valence-electron chi connectivity index (χ2n) is 5.88. The summed E-state index contributed by atoms with van der Waals surface area (Å²) in [6, 6.07) is 12.6. The molecule has 0 spiro atoms. The Morgan fingerprint density at radius 2 is 1.89 bits per heavy atom. The molecule has 0 aliphatic rings. The van der Waals surface area contributed by atoms with Crippen LogP contribution in [-0.4, -0.2) is 32.8 Å². The van der Waals surface area contributed by atoms with E-state index >= 15 is 0 Å². The summed E-state index contributed by atoms with van der Waals surface area (Å²) in [5.74, 6) is 1.94. The Morgan fingerprint density at radius 1 is 1.07 bits per heavy atom. The van der Waals surface area contributed by atoms with Gasteiger partial charge < -0.3 is 20.1 Å². The molecule has 27 heavy (non-hydrogen) atoms. The van der Waals surface area contributed by atoms with E-state index in [9.17, 15) is 4.39 Å². The van der Waals surface area contributed by atoms with Crippen molar-refractivity contribution in [3.05, 3.63) is 59.4 Å². The van der Waals surface area contributed by atoms with E-state index in [-0.39, 0.29) is 5.82 Å². The van der Waals surface area contributed by atoms with Gasteiger partial charge in [0, 0.05) is 13.1 Å². The van der Waals surface area contributed by atoms with Gasteiger partial charge in [0.1, 0.15) is 5.82 Å². The molecule has 0 saturated heterocycles. The van der Waals surface area contributed by atoms with Gasteiger partial charge in [-0.2, -0.15) is 0 Å². The van der Waals surface area contributed by atoms with E-state index < -0.39 is 0 Å². The molecule has 0 bridgehead atoms. The lowest BCUT2D eigenvalue weighted by molar-refractivity contribution is 0.310. The molecule has 0 fully saturated rings. The smallest absolute Gasteiger partial charge is 0.191 e. The van der Waals surface area contributed by atoms with Gasteiger partial charge in [-0.05, 0) is 49.6 Å². The van der Waals surface area contributed by atoms with Gasteiger partial charge in [0.2, 0.25) is 0 Å². The van der Waals surface area contributed by atoms with Crippen LogP contribution in [0.25, 0.3) is 0 Å². The fourth-order valence-electron chi connectivity index (χ4n) is 2.62. The number of aliphatic imine (C=N–C) groups is 1. The topological polar surface area (TPSA) is 54.9 Å². The summed E-state index contributed by atoms with van der Waals surface area (Å²) in [7, 11) is 1.62. The summed E-state index contributed by atoms with van der Waals surface area (Å²) in [6.07, 6.45) is 0.591. The number of rotatable bonds is 9. The molecule has 2 aromatic carbocycles. The standard InChI is InChI=1S/C21H28FN3O2/c1-4-23-21(24-13-12-17-8-6-7-9-18(17)22)25-15-16-10-11-19(26-3)20(14-16)27-5-2/h6-11,14H,4-5,12-13,15H2,1-3H3,(H2,23,24,25). The van der Waals surface area contributed by atoms with E-state index in [0.717, 1.165) is 12.1 Å². The largest absolute Gasteiger partial charge is 0.493 e. The molecule has 0 amide bonds. The van der Waals surface area contributed by atoms with Crippen molar-refractivity contribution < 1.29 is 13.9 Å². The predicted molar refractivity (Wildman–Crippen MR) is 107 cm³/mol. The Labute approximate surface area is 160 Å². The molecule has 0 aromatic heterocycles. The highest BCUT2D eigenvalue weighted by Gasteiger charge is 2.06. The lowest BCUT2D eigenvalue weighted by Crippen LogP contribution is -2.38. The summed E-state index contributed by atoms with van der Waals surface area (Å²) in [5, 5.41) is 6.45. The third kappa shape index (κ3) is 6.47. The van der Waals surface area contributed by atoms with Crippen LogP contribution in [-0.2, 0) is 13.0 Å². The summed E-state index contributed by atoms with van der Waals surface area (Å²) in [5.41, 5.74) is 1.71. The second kappa shape index (κ2) is 11.1. The number of nitrogens with one attached hydrogen (secondary N) is 2. The van der Waals surface area contributed by atoms with E-state index in [1.54, 1.807) is 19.2 Å². The molecule has 5 nitrogen and oxygen atoms in total. The molecule has 0 radical (unpaired) electrons. The minimum atomic E-state index is -0.178. The van der Waals surface area contributed by atoms with Crippen LogP contribution < -0.4 is 20.1 Å². The van der Waals surface area contributed by atoms with Crippen LogP contribution in [0.5, 0.6) is 11.5 Å². The van der Waals surface area contributed by atoms with Gasteiger partial charge in [-0.3, -0.25) is 0 Å². The van der Waals surface area contributed by atoms with Crippen molar-refractivity contribution in [2.24, 2.45) is 4.99 Å². The van der Waals surface area contributed by atoms with E-state index in [4.69, 9.17) is 9.47 Å². The average molecular weight is 373 g/mol. The number of ether oxygens (including phenoxy) is 2. The number of benzene rings is 2. The molecule has 2 rings (SSSR count). The van der Waals surface area contributed by atoms with Gasteiger partial charge in [0.25, 0.3) is 0 Å². The molecule has 0 saturated carbocycles. The monoisotopic (exact) mass is 373 g/mol. The highest BCUT2D eigenvalue weighted by molar-refractivity contribution is 5.79. The first-order chi connectivity index (χ1) is 13.2. The maximum Gasteiger partial charge on any atom is 0.191 e. The molecule has 0 aliphatic heterocycles. The maximum absolute atomic E-state index is 13.7. The Balaban J connectivity index is 1.98. The van der Waals surface area contributed by atoms with E-state index in [2.05, 4.69) is 15.6 Å². The summed E-state index contributed by atoms with van der Waals surface area (Å²) < 4.78 is 24.6. The molecule has 0 aliphatic carbocycles. The molecule has 0 unspecified atom stereocenters. The van der Waals surface area contributed by atoms with Crippen molar-refractivity contribution in [2.75, 3.05) is 26.8 Å². The van der Waals surface area contributed by atoms with E-state index in [1.807, 2.05) is 38.1 Å². The van der Waals surface area contributed by atoms with Crippen LogP contribution in [0.3, 0.4) is 0 Å². The maximum atomic E-state index is 13.7. The molecule has 6 heteroatoms. The summed E-state index contributed by atoms with van der Waals surface area (Å²) in [6.45, 7) is 6.36. The number of nitrogens with zero attached hydrogens (tertiary/aromatic N) is 1. The van der Waals surface area contributed by atoms with Gasteiger partial charge in [-0.1, -0.05) is 24.3 Å². The molecule has 146 valence electrons. The summed E-state index contributed by atoms with van der Waals surface area (Å²) in [4.78, 5) is 4.60. The van der Waals surface area contributed by atoms with Gasteiger partial charge in [-0.15, -0.1) is 0 Å². The average Bonchev–Trinajstić information content (AvgIpc) is 2.68. The number of hydrogen-bond donors (Lipinski definition) is 2. The molecule has 2 N–H and O–H groups in total. The quantitative estimate of drug-likeness (QED) is 0.522. The van der Waals surface area contributed by atoms with E-state index in [0.29, 0.717) is 49.1 Å². The van der Waals surface area contributed by atoms with Crippen molar-refractivity contribution in [2.45, 2.75) is 26.8 Å². The van der Waals surface area contributed by atoms with Crippen LogP contribution in [0.2, 0.25) is 0 Å². The Kier molecular flexibility index (Phi) is 8.42. The van der Waals surface area contributed by atoms with Crippen LogP contribution in [0.4, 0.5) is 4.39 Å². The fraction of sp³-hybridized carbons (Fsp3) is 0.381. The minimum absolute atomic E-state index is 0.178. The zero-order chi connectivity index (χ0) is 19.5. The van der Waals surface area contributed by atoms with Crippen molar-refractivity contribution >= 4 is 5.96 Å². The second-order valence-corrected chi connectivity index (χ2v) is 5.88. The molecule has 2 aromatic rings. The Morgan fingerprint density at radius 3 is 2.59 bits per heavy atom. The van der Waals surface area contributed by atoms with Crippen LogP contribution >= 0.6 is 0 Å². The Hall–Kier alpha value is -2.76. The number of guanidine groups is 1. The molecular formula is C21H28FN3O2. The number of hydrogen-bond acceptors (Lipinski definition) is 3. The van der Waals surface area contributed by atoms with Crippen LogP contribution in [0, 0.1) is 5.82 Å². The zero-order valence-electron chi connectivity index (χ0n) is 16.2. The molecule has 0 atom stereocenters. The number of methoxy groups -OCH3 is 1. The fourth-order valence-corrected chi connectivity index (χ4v) is 2.62. The highest BCUT2D eigenvalue weighted by atomic mass is 19.1. The van der Waals surface area contributed by atoms with Crippen molar-refractivity contribution in [1.82, 2.24) is 10.6 Å². The molecular weight excluding hydrogens is 345 g/mol. The summed E-state index contributed by atoms with van der Waals surface area (Å²) >= 11 is 0. The van der Waals surface area contributed by atoms with Crippen LogP contribution in [0.1, 0.15) is 25.0 Å². The first-order valence-corrected chi connectivity index (χ1v) is 9.23. The predicted octanol–water partition coefficient (Wildman–Crippen LogP) is 3.53. The number of halogens is 1. The minimum Gasteiger partial charge on any atom is -0.493 e. The zero-order valence-corrected chi connectivity index (χ0v) is 16.2. The first kappa shape index (κ1) is 20.6. The van der Waals surface area contributed by atoms with Crippen molar-refractivity contribution in [3.8, 4) is 11.5 Å². The normalized spacial score (nSPS) is 11.2. The van der Waals surface area contributed by atoms with Gasteiger partial charge in [0.15, 0.2) is 17.5 Å². The third-order valence-corrected chi connectivity index (χ3v) is 3.94.